The molecule has 1 unspecified atom stereocenters. The molecule has 1 aliphatic carbocycles. The molecule has 3 rings (SSSR count). The highest BCUT2D eigenvalue weighted by Gasteiger charge is 2.31. The summed E-state index contributed by atoms with van der Waals surface area (Å²) >= 11 is 0. The van der Waals surface area contributed by atoms with E-state index in [0.717, 1.165) is 12.3 Å². The zero-order valence-electron chi connectivity index (χ0n) is 12.9. The van der Waals surface area contributed by atoms with Gasteiger partial charge in [0.1, 0.15) is 5.75 Å². The van der Waals surface area contributed by atoms with Crippen molar-refractivity contribution in [3.8, 4) is 5.75 Å². The van der Waals surface area contributed by atoms with Gasteiger partial charge in [-0.25, -0.2) is 0 Å². The van der Waals surface area contributed by atoms with Crippen LogP contribution in [0.15, 0.2) is 18.2 Å². The number of nitrogens with one attached hydrogen (secondary N) is 1. The van der Waals surface area contributed by atoms with Gasteiger partial charge < -0.3 is 10.1 Å². The van der Waals surface area contributed by atoms with Crippen LogP contribution in [0.4, 0.5) is 0 Å². The molecule has 1 N–H and O–H groups in total. The number of rotatable bonds is 3. The Morgan fingerprint density at radius 1 is 1.15 bits per heavy atom. The van der Waals surface area contributed by atoms with Gasteiger partial charge in [-0.2, -0.15) is 0 Å². The molecule has 1 atom stereocenters. The standard InChI is InChI=1S/C18H27NO/c1-18(11-6-12-19-18)15-9-10-17(20-2)16(13-15)14-7-4-3-5-8-14/h9-10,13-14,19H,3-8,11-12H2,1-2H3. The molecule has 1 aromatic carbocycles. The Kier molecular flexibility index (Phi) is 4.02. The summed E-state index contributed by atoms with van der Waals surface area (Å²) in [5.74, 6) is 1.78. The fourth-order valence-electron chi connectivity index (χ4n) is 3.95. The van der Waals surface area contributed by atoms with Crippen molar-refractivity contribution in [2.45, 2.75) is 63.3 Å². The molecule has 1 saturated heterocycles. The molecule has 2 fully saturated rings. The van der Waals surface area contributed by atoms with E-state index in [1.807, 2.05) is 0 Å². The second-order valence-corrected chi connectivity index (χ2v) is 6.65. The van der Waals surface area contributed by atoms with Gasteiger partial charge in [0.2, 0.25) is 0 Å². The molecule has 2 aliphatic rings. The van der Waals surface area contributed by atoms with Crippen LogP contribution in [0.2, 0.25) is 0 Å². The largest absolute Gasteiger partial charge is 0.496 e. The summed E-state index contributed by atoms with van der Waals surface area (Å²) in [5.41, 5.74) is 3.05. The normalized spacial score (nSPS) is 27.7. The summed E-state index contributed by atoms with van der Waals surface area (Å²) in [6.07, 6.45) is 9.30. The molecule has 20 heavy (non-hydrogen) atoms. The molecule has 1 heterocycles. The topological polar surface area (TPSA) is 21.3 Å². The van der Waals surface area contributed by atoms with Gasteiger partial charge in [-0.3, -0.25) is 0 Å². The summed E-state index contributed by atoms with van der Waals surface area (Å²) in [7, 11) is 1.80. The van der Waals surface area contributed by atoms with Crippen molar-refractivity contribution in [3.63, 3.8) is 0 Å². The first-order chi connectivity index (χ1) is 9.73. The quantitative estimate of drug-likeness (QED) is 0.884. The van der Waals surface area contributed by atoms with Crippen LogP contribution >= 0.6 is 0 Å². The SMILES string of the molecule is COc1ccc(C2(C)CCCN2)cc1C1CCCCC1. The molecule has 2 heteroatoms. The third-order valence-corrected chi connectivity index (χ3v) is 5.28. The van der Waals surface area contributed by atoms with Crippen molar-refractivity contribution in [3.05, 3.63) is 29.3 Å². The number of ether oxygens (including phenoxy) is 1. The third-order valence-electron chi connectivity index (χ3n) is 5.28. The lowest BCUT2D eigenvalue weighted by molar-refractivity contribution is 0.383. The van der Waals surface area contributed by atoms with E-state index < -0.39 is 0 Å². The zero-order valence-corrected chi connectivity index (χ0v) is 12.9. The molecular formula is C18H27NO. The second-order valence-electron chi connectivity index (χ2n) is 6.65. The van der Waals surface area contributed by atoms with Crippen molar-refractivity contribution in [2.75, 3.05) is 13.7 Å². The number of benzene rings is 1. The molecule has 2 nitrogen and oxygen atoms in total. The molecule has 1 aromatic rings. The molecule has 110 valence electrons. The Balaban J connectivity index is 1.93. The molecule has 0 amide bonds. The minimum atomic E-state index is 0.162. The van der Waals surface area contributed by atoms with E-state index in [1.54, 1.807) is 7.11 Å². The van der Waals surface area contributed by atoms with E-state index in [4.69, 9.17) is 4.74 Å². The summed E-state index contributed by atoms with van der Waals surface area (Å²) in [6.45, 7) is 3.48. The monoisotopic (exact) mass is 273 g/mol. The van der Waals surface area contributed by atoms with Crippen molar-refractivity contribution in [1.82, 2.24) is 5.32 Å². The van der Waals surface area contributed by atoms with Gasteiger partial charge in [-0.05, 0) is 68.3 Å². The van der Waals surface area contributed by atoms with Crippen LogP contribution in [0.25, 0.3) is 0 Å². The first-order valence-electron chi connectivity index (χ1n) is 8.16. The molecule has 1 saturated carbocycles. The van der Waals surface area contributed by atoms with Gasteiger partial charge in [0, 0.05) is 5.54 Å². The van der Waals surface area contributed by atoms with Crippen molar-refractivity contribution < 1.29 is 4.74 Å². The lowest BCUT2D eigenvalue weighted by atomic mass is 9.81. The van der Waals surface area contributed by atoms with Crippen LogP contribution in [0.5, 0.6) is 5.75 Å². The Hall–Kier alpha value is -1.02. The molecule has 1 aliphatic heterocycles. The maximum absolute atomic E-state index is 5.63. The summed E-state index contributed by atoms with van der Waals surface area (Å²) in [6, 6.07) is 6.86. The lowest BCUT2D eigenvalue weighted by Gasteiger charge is -2.29. The molecule has 0 aromatic heterocycles. The Bertz CT molecular complexity index is 456. The minimum Gasteiger partial charge on any atom is -0.496 e. The smallest absolute Gasteiger partial charge is 0.122 e. The van der Waals surface area contributed by atoms with Crippen molar-refractivity contribution in [2.24, 2.45) is 0 Å². The highest BCUT2D eigenvalue weighted by Crippen LogP contribution is 2.40. The van der Waals surface area contributed by atoms with Gasteiger partial charge in [0.25, 0.3) is 0 Å². The van der Waals surface area contributed by atoms with E-state index in [0.29, 0.717) is 5.92 Å². The maximum atomic E-state index is 5.63. The molecule has 0 bridgehead atoms. The van der Waals surface area contributed by atoms with Crippen molar-refractivity contribution >= 4 is 0 Å². The number of hydrogen-bond acceptors (Lipinski definition) is 2. The fraction of sp³-hybridized carbons (Fsp3) is 0.667. The Labute approximate surface area is 122 Å². The average Bonchev–Trinajstić information content (AvgIpc) is 2.95. The van der Waals surface area contributed by atoms with Gasteiger partial charge in [0.05, 0.1) is 7.11 Å². The second kappa shape index (κ2) is 5.77. The Morgan fingerprint density at radius 2 is 1.95 bits per heavy atom. The van der Waals surface area contributed by atoms with E-state index in [2.05, 4.69) is 30.4 Å². The highest BCUT2D eigenvalue weighted by molar-refractivity contribution is 5.42. The summed E-state index contributed by atoms with van der Waals surface area (Å²) in [4.78, 5) is 0. The number of hydrogen-bond donors (Lipinski definition) is 1. The summed E-state index contributed by atoms with van der Waals surface area (Å²) < 4.78 is 5.63. The van der Waals surface area contributed by atoms with E-state index >= 15 is 0 Å². The van der Waals surface area contributed by atoms with Gasteiger partial charge >= 0.3 is 0 Å². The lowest BCUT2D eigenvalue weighted by Crippen LogP contribution is -2.33. The predicted molar refractivity (Wildman–Crippen MR) is 83.4 cm³/mol. The minimum absolute atomic E-state index is 0.162. The fourth-order valence-corrected chi connectivity index (χ4v) is 3.95. The first-order valence-corrected chi connectivity index (χ1v) is 8.16. The molecule has 0 radical (unpaired) electrons. The summed E-state index contributed by atoms with van der Waals surface area (Å²) in [5, 5.41) is 3.68. The van der Waals surface area contributed by atoms with Gasteiger partial charge in [0.15, 0.2) is 0 Å². The molecular weight excluding hydrogens is 246 g/mol. The van der Waals surface area contributed by atoms with Crippen molar-refractivity contribution in [1.29, 1.82) is 0 Å². The molecule has 0 spiro atoms. The van der Waals surface area contributed by atoms with Crippen LogP contribution in [-0.2, 0) is 5.54 Å². The van der Waals surface area contributed by atoms with Crippen LogP contribution in [0.1, 0.15) is 68.9 Å². The third kappa shape index (κ3) is 2.58. The maximum Gasteiger partial charge on any atom is 0.122 e. The Morgan fingerprint density at radius 3 is 2.60 bits per heavy atom. The zero-order chi connectivity index (χ0) is 14.0. The van der Waals surface area contributed by atoms with E-state index in [-0.39, 0.29) is 5.54 Å². The van der Waals surface area contributed by atoms with Crippen LogP contribution in [-0.4, -0.2) is 13.7 Å². The van der Waals surface area contributed by atoms with Crippen LogP contribution in [0, 0.1) is 0 Å². The highest BCUT2D eigenvalue weighted by atomic mass is 16.5. The average molecular weight is 273 g/mol. The van der Waals surface area contributed by atoms with Gasteiger partial charge in [-0.15, -0.1) is 0 Å². The first kappa shape index (κ1) is 13.9. The van der Waals surface area contributed by atoms with Crippen LogP contribution in [0.3, 0.4) is 0 Å². The number of methoxy groups -OCH3 is 1. The van der Waals surface area contributed by atoms with Gasteiger partial charge in [-0.1, -0.05) is 25.3 Å². The predicted octanol–water partition coefficient (Wildman–Crippen LogP) is 4.34. The van der Waals surface area contributed by atoms with Crippen LogP contribution < -0.4 is 10.1 Å². The van der Waals surface area contributed by atoms with E-state index in [9.17, 15) is 0 Å². The van der Waals surface area contributed by atoms with E-state index in [1.165, 1.54) is 56.1 Å².